The molecule has 0 amide bonds. The highest BCUT2D eigenvalue weighted by atomic mass is 79.9. The first-order valence-corrected chi connectivity index (χ1v) is 12.3. The van der Waals surface area contributed by atoms with E-state index in [9.17, 15) is 15.3 Å². The third-order valence-corrected chi connectivity index (χ3v) is 7.06. The summed E-state index contributed by atoms with van der Waals surface area (Å²) in [4.78, 5) is 14.0. The van der Waals surface area contributed by atoms with Crippen molar-refractivity contribution in [3.05, 3.63) is 27.5 Å². The van der Waals surface area contributed by atoms with Crippen molar-refractivity contribution in [3.8, 4) is 0 Å². The molecule has 4 N–H and O–H groups in total. The van der Waals surface area contributed by atoms with E-state index >= 15 is 0 Å². The molecule has 1 aromatic carbocycles. The summed E-state index contributed by atoms with van der Waals surface area (Å²) < 4.78 is 5.37. The number of fused-ring (bicyclic) bond motifs is 1. The number of aliphatic hydroxyl groups is 4. The zero-order chi connectivity index (χ0) is 22.4. The Bertz CT molecular complexity index is 970. The number of aliphatic hydroxyl groups excluding tert-OH is 4. The Kier molecular flexibility index (Phi) is 8.95. The van der Waals surface area contributed by atoms with Crippen molar-refractivity contribution in [2.75, 3.05) is 12.5 Å². The van der Waals surface area contributed by atoms with Crippen LogP contribution in [0.1, 0.15) is 18.9 Å². The minimum atomic E-state index is -1.47. The number of rotatable bonds is 10. The summed E-state index contributed by atoms with van der Waals surface area (Å²) in [6, 6.07) is 5.86. The average molecular weight is 530 g/mol. The number of thioether (sulfide) groups is 1. The van der Waals surface area contributed by atoms with E-state index in [0.717, 1.165) is 20.4 Å². The average Bonchev–Trinajstić information content (AvgIpc) is 3.32. The summed E-state index contributed by atoms with van der Waals surface area (Å²) in [6.07, 6.45) is -1.43. The van der Waals surface area contributed by atoms with E-state index in [4.69, 9.17) is 5.11 Å². The van der Waals surface area contributed by atoms with E-state index in [-0.39, 0.29) is 19.1 Å². The number of aromatic nitrogens is 1. The van der Waals surface area contributed by atoms with Gasteiger partial charge in [-0.25, -0.2) is 4.99 Å². The highest BCUT2D eigenvalue weighted by Gasteiger charge is 2.34. The molecule has 3 rings (SSSR count). The second kappa shape index (κ2) is 11.5. The third-order valence-electron chi connectivity index (χ3n) is 4.67. The molecule has 168 valence electrons. The molecule has 1 aromatic heterocycles. The number of amidine groups is 1. The molecule has 0 radical (unpaired) electrons. The number of hydrogen-bond donors (Lipinski definition) is 4. The first kappa shape index (κ1) is 24.2. The van der Waals surface area contributed by atoms with Crippen LogP contribution in [0.3, 0.4) is 0 Å². The smallest absolute Gasteiger partial charge is 0.161 e. The number of benzene rings is 1. The van der Waals surface area contributed by atoms with Crippen molar-refractivity contribution in [1.29, 1.82) is 0 Å². The van der Waals surface area contributed by atoms with Gasteiger partial charge in [-0.05, 0) is 58.5 Å². The maximum Gasteiger partial charge on any atom is 0.161 e. The summed E-state index contributed by atoms with van der Waals surface area (Å²) in [7, 11) is 0. The Morgan fingerprint density at radius 1 is 1.35 bits per heavy atom. The van der Waals surface area contributed by atoms with Gasteiger partial charge in [0.1, 0.15) is 24.3 Å². The molecule has 1 aliphatic rings. The Hall–Kier alpha value is -1.41. The summed E-state index contributed by atoms with van der Waals surface area (Å²) in [6.45, 7) is 1.50. The topological polar surface area (TPSA) is 134 Å². The molecule has 0 saturated heterocycles. The molecule has 4 unspecified atom stereocenters. The van der Waals surface area contributed by atoms with Gasteiger partial charge in [0.2, 0.25) is 0 Å². The fourth-order valence-electron chi connectivity index (χ4n) is 2.96. The van der Waals surface area contributed by atoms with E-state index in [2.05, 4.69) is 47.4 Å². The minimum Gasteiger partial charge on any atom is -0.396 e. The molecule has 12 heteroatoms. The molecule has 0 fully saturated rings. The van der Waals surface area contributed by atoms with Gasteiger partial charge in [0, 0.05) is 17.7 Å². The van der Waals surface area contributed by atoms with Crippen LogP contribution in [-0.2, 0) is 5.75 Å². The molecule has 0 saturated carbocycles. The Morgan fingerprint density at radius 3 is 2.94 bits per heavy atom. The van der Waals surface area contributed by atoms with Gasteiger partial charge in [0.25, 0.3) is 0 Å². The number of halogens is 1. The maximum absolute atomic E-state index is 10.4. The highest BCUT2D eigenvalue weighted by Crippen LogP contribution is 2.29. The maximum atomic E-state index is 10.4. The number of nitrogens with zero attached hydrogens (tertiary/aromatic N) is 5. The van der Waals surface area contributed by atoms with Crippen molar-refractivity contribution in [2.45, 2.75) is 43.6 Å². The van der Waals surface area contributed by atoms with Crippen LogP contribution in [0.4, 0.5) is 0 Å². The van der Waals surface area contributed by atoms with Crippen molar-refractivity contribution < 1.29 is 20.4 Å². The van der Waals surface area contributed by atoms with Gasteiger partial charge in [0.05, 0.1) is 27.6 Å². The molecular formula is C19H24BrN5O4S2. The van der Waals surface area contributed by atoms with E-state index in [0.29, 0.717) is 11.7 Å². The first-order valence-electron chi connectivity index (χ1n) is 9.56. The summed E-state index contributed by atoms with van der Waals surface area (Å²) in [5.41, 5.74) is 2.16. The zero-order valence-electron chi connectivity index (χ0n) is 16.7. The molecule has 0 aliphatic carbocycles. The molecule has 0 spiro atoms. The van der Waals surface area contributed by atoms with Crippen LogP contribution in [0.5, 0.6) is 0 Å². The lowest BCUT2D eigenvalue weighted by atomic mass is 10.1. The van der Waals surface area contributed by atoms with Crippen LogP contribution in [0.25, 0.3) is 10.9 Å². The van der Waals surface area contributed by atoms with Gasteiger partial charge in [-0.1, -0.05) is 6.07 Å². The zero-order valence-corrected chi connectivity index (χ0v) is 20.0. The van der Waals surface area contributed by atoms with Gasteiger partial charge in [-0.3, -0.25) is 14.9 Å². The minimum absolute atomic E-state index is 0.0449. The highest BCUT2D eigenvalue weighted by molar-refractivity contribution is 9.11. The van der Waals surface area contributed by atoms with Crippen molar-refractivity contribution in [1.82, 2.24) is 9.27 Å². The van der Waals surface area contributed by atoms with Gasteiger partial charge in [-0.2, -0.15) is 4.37 Å². The SMILES string of the molecule is CC1N=CN(C(O)C(O)C(O)CCO)C1=N/C=N\CSCc1ccc2nsc(Br)c2c1. The van der Waals surface area contributed by atoms with Crippen molar-refractivity contribution in [3.63, 3.8) is 0 Å². The largest absolute Gasteiger partial charge is 0.396 e. The predicted molar refractivity (Wildman–Crippen MR) is 129 cm³/mol. The molecule has 4 atom stereocenters. The van der Waals surface area contributed by atoms with Gasteiger partial charge in [-0.15, -0.1) is 11.8 Å². The van der Waals surface area contributed by atoms with Crippen LogP contribution in [0.15, 0.2) is 37.0 Å². The second-order valence-corrected chi connectivity index (χ2v) is 9.95. The molecular weight excluding hydrogens is 506 g/mol. The van der Waals surface area contributed by atoms with Crippen LogP contribution >= 0.6 is 39.2 Å². The predicted octanol–water partition coefficient (Wildman–Crippen LogP) is 1.83. The Morgan fingerprint density at radius 2 is 2.16 bits per heavy atom. The Labute approximate surface area is 196 Å². The monoisotopic (exact) mass is 529 g/mol. The molecule has 2 heterocycles. The van der Waals surface area contributed by atoms with Gasteiger partial charge < -0.3 is 20.4 Å². The first-order chi connectivity index (χ1) is 14.9. The quantitative estimate of drug-likeness (QED) is 0.209. The molecule has 9 nitrogen and oxygen atoms in total. The number of aliphatic imine (C=N–C) groups is 3. The molecule has 0 bridgehead atoms. The van der Waals surface area contributed by atoms with E-state index in [1.807, 2.05) is 6.07 Å². The standard InChI is InChI=1S/C19H24BrN5O4S2/c1-11-18(25(9-23-11)19(29)16(28)15(27)4-5-26)22-8-21-10-30-7-12-2-3-14-13(6-12)17(20)31-24-14/h2-3,6,8-9,11,15-16,19,26-29H,4-5,7,10H2,1H3/b21-8-,22-18?. The van der Waals surface area contributed by atoms with E-state index < -0.39 is 18.4 Å². The normalized spacial score (nSPS) is 20.9. The second-order valence-electron chi connectivity index (χ2n) is 6.90. The lowest BCUT2D eigenvalue weighted by Gasteiger charge is -2.29. The van der Waals surface area contributed by atoms with Crippen LogP contribution in [0.2, 0.25) is 0 Å². The van der Waals surface area contributed by atoms with Crippen molar-refractivity contribution in [2.24, 2.45) is 15.0 Å². The summed E-state index contributed by atoms with van der Waals surface area (Å²) >= 11 is 6.59. The summed E-state index contributed by atoms with van der Waals surface area (Å²) in [5, 5.41) is 40.3. The molecule has 31 heavy (non-hydrogen) atoms. The van der Waals surface area contributed by atoms with Crippen LogP contribution in [0, 0.1) is 0 Å². The lowest BCUT2D eigenvalue weighted by Crippen LogP contribution is -2.50. The molecule has 2 aromatic rings. The Balaban J connectivity index is 1.53. The van der Waals surface area contributed by atoms with Crippen molar-refractivity contribution >= 4 is 68.6 Å². The van der Waals surface area contributed by atoms with Crippen LogP contribution in [-0.4, -0.2) is 85.2 Å². The number of hydrogen-bond acceptors (Lipinski definition) is 9. The summed E-state index contributed by atoms with van der Waals surface area (Å²) in [5.74, 6) is 1.72. The van der Waals surface area contributed by atoms with E-state index in [1.165, 1.54) is 34.7 Å². The molecule has 1 aliphatic heterocycles. The van der Waals surface area contributed by atoms with Gasteiger partial charge in [0.15, 0.2) is 6.23 Å². The van der Waals surface area contributed by atoms with Crippen LogP contribution < -0.4 is 0 Å². The van der Waals surface area contributed by atoms with E-state index in [1.54, 1.807) is 18.7 Å². The lowest BCUT2D eigenvalue weighted by molar-refractivity contribution is -0.0931. The van der Waals surface area contributed by atoms with Gasteiger partial charge >= 0.3 is 0 Å². The third kappa shape index (κ3) is 6.09. The fraction of sp³-hybridized carbons (Fsp3) is 0.474. The fourth-order valence-corrected chi connectivity index (χ4v) is 4.77.